The zero-order valence-electron chi connectivity index (χ0n) is 8.74. The molecular formula is C11H15NO2. The average Bonchev–Trinajstić information content (AvgIpc) is 2.01. The van der Waals surface area contributed by atoms with Crippen molar-refractivity contribution in [2.45, 2.75) is 27.2 Å². The van der Waals surface area contributed by atoms with Crippen molar-refractivity contribution in [1.29, 1.82) is 0 Å². The summed E-state index contributed by atoms with van der Waals surface area (Å²) in [6.07, 6.45) is 2.22. The largest absolute Gasteiger partial charge is 0.478 e. The van der Waals surface area contributed by atoms with Gasteiger partial charge in [0.2, 0.25) is 0 Å². The molecule has 1 heterocycles. The average molecular weight is 193 g/mol. The fraction of sp³-hybridized carbons (Fsp3) is 0.455. The topological polar surface area (TPSA) is 50.2 Å². The molecule has 0 atom stereocenters. The maximum atomic E-state index is 10.9. The van der Waals surface area contributed by atoms with Crippen molar-refractivity contribution in [3.8, 4) is 0 Å². The fourth-order valence-electron chi connectivity index (χ4n) is 1.42. The summed E-state index contributed by atoms with van der Waals surface area (Å²) >= 11 is 0. The summed E-state index contributed by atoms with van der Waals surface area (Å²) < 4.78 is 0. The van der Waals surface area contributed by atoms with Gasteiger partial charge in [0.15, 0.2) is 0 Å². The molecule has 0 bridgehead atoms. The van der Waals surface area contributed by atoms with Crippen LogP contribution in [0.5, 0.6) is 0 Å². The zero-order valence-corrected chi connectivity index (χ0v) is 8.74. The van der Waals surface area contributed by atoms with Gasteiger partial charge in [-0.25, -0.2) is 4.79 Å². The first-order valence-corrected chi connectivity index (χ1v) is 4.69. The van der Waals surface area contributed by atoms with E-state index in [4.69, 9.17) is 5.11 Å². The van der Waals surface area contributed by atoms with E-state index in [0.717, 1.165) is 17.7 Å². The first-order chi connectivity index (χ1) is 6.50. The molecule has 1 rings (SSSR count). The summed E-state index contributed by atoms with van der Waals surface area (Å²) in [6, 6.07) is 1.85. The van der Waals surface area contributed by atoms with Crippen LogP contribution in [-0.4, -0.2) is 16.1 Å². The van der Waals surface area contributed by atoms with Gasteiger partial charge in [0.05, 0.1) is 5.56 Å². The number of aromatic carboxylic acids is 1. The Morgan fingerprint density at radius 2 is 2.21 bits per heavy atom. The number of carboxylic acid groups (broad SMARTS) is 1. The molecule has 0 radical (unpaired) electrons. The van der Waals surface area contributed by atoms with Gasteiger partial charge in [-0.05, 0) is 30.9 Å². The Balaban J connectivity index is 3.09. The molecule has 0 aliphatic carbocycles. The molecule has 0 aromatic carbocycles. The number of carbonyl (C=O) groups is 1. The van der Waals surface area contributed by atoms with Crippen LogP contribution in [0.2, 0.25) is 0 Å². The standard InChI is InChI=1S/C11H15NO2/c1-7(2)4-9-5-8(3)12-6-10(9)11(13)14/h5-7H,4H2,1-3H3,(H,13,14). The van der Waals surface area contributed by atoms with Crippen molar-refractivity contribution in [3.63, 3.8) is 0 Å². The molecule has 0 amide bonds. The molecule has 1 aromatic heterocycles. The van der Waals surface area contributed by atoms with Crippen LogP contribution in [0.4, 0.5) is 0 Å². The first-order valence-electron chi connectivity index (χ1n) is 4.69. The van der Waals surface area contributed by atoms with Crippen molar-refractivity contribution >= 4 is 5.97 Å². The number of aromatic nitrogens is 1. The monoisotopic (exact) mass is 193 g/mol. The number of aryl methyl sites for hydroxylation is 1. The van der Waals surface area contributed by atoms with E-state index >= 15 is 0 Å². The molecule has 3 nitrogen and oxygen atoms in total. The number of hydrogen-bond acceptors (Lipinski definition) is 2. The molecule has 0 unspecified atom stereocenters. The zero-order chi connectivity index (χ0) is 10.7. The van der Waals surface area contributed by atoms with Gasteiger partial charge in [-0.3, -0.25) is 4.98 Å². The van der Waals surface area contributed by atoms with E-state index in [2.05, 4.69) is 18.8 Å². The smallest absolute Gasteiger partial charge is 0.337 e. The molecule has 0 aliphatic rings. The highest BCUT2D eigenvalue weighted by molar-refractivity contribution is 5.89. The molecule has 3 heteroatoms. The minimum atomic E-state index is -0.895. The predicted molar refractivity (Wildman–Crippen MR) is 54.5 cm³/mol. The molecule has 0 aliphatic heterocycles. The third kappa shape index (κ3) is 2.55. The number of hydrogen-bond donors (Lipinski definition) is 1. The summed E-state index contributed by atoms with van der Waals surface area (Å²) in [7, 11) is 0. The summed E-state index contributed by atoms with van der Waals surface area (Å²) in [5.74, 6) is -0.442. The van der Waals surface area contributed by atoms with Crippen LogP contribution in [-0.2, 0) is 6.42 Å². The van der Waals surface area contributed by atoms with E-state index in [0.29, 0.717) is 11.5 Å². The Kier molecular flexibility index (Phi) is 3.23. The van der Waals surface area contributed by atoms with Crippen LogP contribution in [0.3, 0.4) is 0 Å². The normalized spacial score (nSPS) is 10.6. The Bertz CT molecular complexity index is 345. The molecule has 0 saturated heterocycles. The maximum absolute atomic E-state index is 10.9. The Morgan fingerprint density at radius 1 is 1.57 bits per heavy atom. The van der Waals surface area contributed by atoms with Gasteiger partial charge in [-0.1, -0.05) is 13.8 Å². The minimum absolute atomic E-state index is 0.323. The van der Waals surface area contributed by atoms with E-state index < -0.39 is 5.97 Å². The molecule has 0 fully saturated rings. The van der Waals surface area contributed by atoms with Crippen molar-refractivity contribution in [2.75, 3.05) is 0 Å². The van der Waals surface area contributed by atoms with Gasteiger partial charge in [0, 0.05) is 11.9 Å². The second-order valence-corrected chi connectivity index (χ2v) is 3.89. The van der Waals surface area contributed by atoms with Crippen LogP contribution in [0.15, 0.2) is 12.3 Å². The van der Waals surface area contributed by atoms with E-state index in [1.807, 2.05) is 13.0 Å². The maximum Gasteiger partial charge on any atom is 0.337 e. The van der Waals surface area contributed by atoms with E-state index in [1.165, 1.54) is 6.20 Å². The summed E-state index contributed by atoms with van der Waals surface area (Å²) in [4.78, 5) is 14.9. The summed E-state index contributed by atoms with van der Waals surface area (Å²) in [6.45, 7) is 6.01. The van der Waals surface area contributed by atoms with Gasteiger partial charge in [-0.2, -0.15) is 0 Å². The van der Waals surface area contributed by atoms with E-state index in [9.17, 15) is 4.79 Å². The van der Waals surface area contributed by atoms with Gasteiger partial charge in [0.25, 0.3) is 0 Å². The minimum Gasteiger partial charge on any atom is -0.478 e. The molecule has 1 N–H and O–H groups in total. The third-order valence-electron chi connectivity index (χ3n) is 1.98. The molecule has 1 aromatic rings. The van der Waals surface area contributed by atoms with Crippen molar-refractivity contribution in [1.82, 2.24) is 4.98 Å². The Hall–Kier alpha value is -1.38. The SMILES string of the molecule is Cc1cc(CC(C)C)c(C(=O)O)cn1. The van der Waals surface area contributed by atoms with Crippen LogP contribution >= 0.6 is 0 Å². The van der Waals surface area contributed by atoms with Crippen molar-refractivity contribution in [3.05, 3.63) is 29.1 Å². The van der Waals surface area contributed by atoms with Gasteiger partial charge >= 0.3 is 5.97 Å². The number of pyridine rings is 1. The molecule has 0 saturated carbocycles. The lowest BCUT2D eigenvalue weighted by molar-refractivity contribution is 0.0695. The highest BCUT2D eigenvalue weighted by Gasteiger charge is 2.11. The van der Waals surface area contributed by atoms with Gasteiger partial charge < -0.3 is 5.11 Å². The highest BCUT2D eigenvalue weighted by atomic mass is 16.4. The predicted octanol–water partition coefficient (Wildman–Crippen LogP) is 2.29. The Labute approximate surface area is 83.8 Å². The second-order valence-electron chi connectivity index (χ2n) is 3.89. The van der Waals surface area contributed by atoms with Crippen LogP contribution < -0.4 is 0 Å². The molecule has 0 spiro atoms. The van der Waals surface area contributed by atoms with Crippen LogP contribution in [0.25, 0.3) is 0 Å². The number of nitrogens with zero attached hydrogens (tertiary/aromatic N) is 1. The number of rotatable bonds is 3. The molecule has 14 heavy (non-hydrogen) atoms. The lowest BCUT2D eigenvalue weighted by Gasteiger charge is -2.08. The fourth-order valence-corrected chi connectivity index (χ4v) is 1.42. The molecular weight excluding hydrogens is 178 g/mol. The highest BCUT2D eigenvalue weighted by Crippen LogP contribution is 2.14. The lowest BCUT2D eigenvalue weighted by atomic mass is 9.99. The number of carboxylic acids is 1. The Morgan fingerprint density at radius 3 is 2.71 bits per heavy atom. The third-order valence-corrected chi connectivity index (χ3v) is 1.98. The second kappa shape index (κ2) is 4.22. The van der Waals surface area contributed by atoms with Crippen molar-refractivity contribution < 1.29 is 9.90 Å². The van der Waals surface area contributed by atoms with Gasteiger partial charge in [0.1, 0.15) is 0 Å². The lowest BCUT2D eigenvalue weighted by Crippen LogP contribution is -2.06. The molecule has 76 valence electrons. The van der Waals surface area contributed by atoms with Gasteiger partial charge in [-0.15, -0.1) is 0 Å². The first kappa shape index (κ1) is 10.7. The van der Waals surface area contributed by atoms with E-state index in [1.54, 1.807) is 0 Å². The van der Waals surface area contributed by atoms with E-state index in [-0.39, 0.29) is 0 Å². The van der Waals surface area contributed by atoms with Crippen molar-refractivity contribution in [2.24, 2.45) is 5.92 Å². The summed E-state index contributed by atoms with van der Waals surface area (Å²) in [5, 5.41) is 8.93. The summed E-state index contributed by atoms with van der Waals surface area (Å²) in [5.41, 5.74) is 2.06. The van der Waals surface area contributed by atoms with Crippen LogP contribution in [0, 0.1) is 12.8 Å². The van der Waals surface area contributed by atoms with Crippen LogP contribution in [0.1, 0.15) is 35.5 Å². The quantitative estimate of drug-likeness (QED) is 0.801.